The van der Waals surface area contributed by atoms with Crippen LogP contribution in [-0.2, 0) is 31.6 Å². The molecule has 4 N–H and O–H groups in total. The van der Waals surface area contributed by atoms with Gasteiger partial charge in [-0.25, -0.2) is 18.6 Å². The molecule has 1 saturated heterocycles. The maximum Gasteiger partial charge on any atom is 0.280 e. The number of aromatic nitrogens is 4. The van der Waals surface area contributed by atoms with E-state index < -0.39 is 60.2 Å². The number of fused-ring (bicyclic) bond motifs is 1. The van der Waals surface area contributed by atoms with Crippen LogP contribution >= 0.6 is 23.5 Å². The van der Waals surface area contributed by atoms with Crippen LogP contribution in [-0.4, -0.2) is 59.5 Å². The lowest BCUT2D eigenvalue weighted by Gasteiger charge is -2.33. The lowest BCUT2D eigenvalue weighted by Crippen LogP contribution is -2.34. The molecular formula is C10H12N4O14P3-3. The summed E-state index contributed by atoms with van der Waals surface area (Å²) in [6, 6.07) is 0. The number of aliphatic hydroxyl groups excluding tert-OH is 2. The normalized spacial score (nSPS) is 30.0. The lowest BCUT2D eigenvalue weighted by molar-refractivity contribution is -0.250. The van der Waals surface area contributed by atoms with Gasteiger partial charge in [0.05, 0.1) is 19.3 Å². The molecule has 0 saturated carbocycles. The monoisotopic (exact) mass is 505 g/mol. The Labute approximate surface area is 170 Å². The number of hydrogen-bond acceptors (Lipinski definition) is 15. The maximum atomic E-state index is 11.7. The highest BCUT2D eigenvalue weighted by Crippen LogP contribution is 2.61. The molecule has 3 unspecified atom stereocenters. The Morgan fingerprint density at radius 3 is 2.45 bits per heavy atom. The van der Waals surface area contributed by atoms with E-state index in [2.05, 4.69) is 28.1 Å². The van der Waals surface area contributed by atoms with Gasteiger partial charge >= 0.3 is 0 Å². The van der Waals surface area contributed by atoms with Crippen molar-refractivity contribution in [3.05, 3.63) is 23.0 Å². The number of hydrogen-bond donors (Lipinski definition) is 4. The second-order valence-electron chi connectivity index (χ2n) is 5.92. The predicted molar refractivity (Wildman–Crippen MR) is 87.2 cm³/mol. The summed E-state index contributed by atoms with van der Waals surface area (Å²) < 4.78 is 50.3. The van der Waals surface area contributed by atoms with Crippen molar-refractivity contribution in [1.82, 2.24) is 19.5 Å². The molecule has 18 nitrogen and oxygen atoms in total. The first-order valence-electron chi connectivity index (χ1n) is 7.84. The molecule has 1 fully saturated rings. The van der Waals surface area contributed by atoms with Gasteiger partial charge < -0.3 is 44.0 Å². The van der Waals surface area contributed by atoms with Crippen molar-refractivity contribution < 1.29 is 61.4 Å². The average molecular weight is 505 g/mol. The summed E-state index contributed by atoms with van der Waals surface area (Å²) in [5, 5.41) is 20.3. The van der Waals surface area contributed by atoms with Crippen molar-refractivity contribution in [3.8, 4) is 0 Å². The van der Waals surface area contributed by atoms with E-state index >= 15 is 0 Å². The highest BCUT2D eigenvalue weighted by molar-refractivity contribution is 7.65. The summed E-state index contributed by atoms with van der Waals surface area (Å²) in [7, 11) is -17.8. The molecule has 1 aliphatic rings. The van der Waals surface area contributed by atoms with E-state index in [9.17, 15) is 43.4 Å². The summed E-state index contributed by atoms with van der Waals surface area (Å²) in [6.07, 6.45) is -4.31. The smallest absolute Gasteiger partial charge is 0.280 e. The Balaban J connectivity index is 1.70. The van der Waals surface area contributed by atoms with E-state index in [-0.39, 0.29) is 11.2 Å². The van der Waals surface area contributed by atoms with Crippen molar-refractivity contribution in [2.75, 3.05) is 6.61 Å². The minimum absolute atomic E-state index is 0.0325. The van der Waals surface area contributed by atoms with Gasteiger partial charge in [0.1, 0.15) is 18.3 Å². The van der Waals surface area contributed by atoms with Crippen LogP contribution < -0.4 is 20.2 Å². The van der Waals surface area contributed by atoms with Gasteiger partial charge in [-0.1, -0.05) is 0 Å². The van der Waals surface area contributed by atoms with Gasteiger partial charge in [0.25, 0.3) is 29.0 Å². The Morgan fingerprint density at radius 1 is 1.13 bits per heavy atom. The second kappa shape index (κ2) is 8.53. The quantitative estimate of drug-likeness (QED) is 0.250. The van der Waals surface area contributed by atoms with E-state index in [1.807, 2.05) is 0 Å². The Hall–Kier alpha value is -1.36. The molecule has 174 valence electrons. The summed E-state index contributed by atoms with van der Waals surface area (Å²) in [5.41, 5.74) is -0.749. The molecule has 21 heteroatoms. The van der Waals surface area contributed by atoms with Gasteiger partial charge in [0, 0.05) is 0 Å². The van der Waals surface area contributed by atoms with Crippen LogP contribution in [0, 0.1) is 0 Å². The standard InChI is InChI=1S/C10H15N4O14P3/c15-6-4(1-25-30(21,22)28-31(23,24)27-29(18,19)20)26-10(7(6)16)14-3-13-5-8(14)11-2-12-9(5)17/h2-4,6-7,10,15-16H,1H2,(H,21,22)(H,23,24)(H,11,12,17)(H2,18,19,20)/p-3/t4-,6-,7-,10-/m1/s1. The molecule has 2 aromatic heterocycles. The second-order valence-corrected chi connectivity index (χ2v) is 10.2. The molecule has 31 heavy (non-hydrogen) atoms. The Morgan fingerprint density at radius 2 is 1.81 bits per heavy atom. The molecule has 3 heterocycles. The van der Waals surface area contributed by atoms with E-state index in [1.54, 1.807) is 0 Å². The number of aromatic amines is 1. The van der Waals surface area contributed by atoms with Crippen molar-refractivity contribution in [1.29, 1.82) is 0 Å². The fraction of sp³-hybridized carbons (Fsp3) is 0.500. The zero-order valence-electron chi connectivity index (χ0n) is 14.7. The lowest BCUT2D eigenvalue weighted by atomic mass is 10.1. The molecule has 1 aliphatic heterocycles. The SMILES string of the molecule is O=c1[nH]cnc2c1ncn2[C@@H]1O[C@H](COP(=O)([O-])OP(=O)([O-])OP(=O)([O-])O)[C@@H](O)[C@H]1O. The fourth-order valence-corrected chi connectivity index (χ4v) is 5.49. The minimum atomic E-state index is -6.09. The topological polar surface area (TPSA) is 282 Å². The van der Waals surface area contributed by atoms with E-state index in [0.717, 1.165) is 17.2 Å². The highest BCUT2D eigenvalue weighted by Gasteiger charge is 2.45. The van der Waals surface area contributed by atoms with Crippen LogP contribution in [0.2, 0.25) is 0 Å². The fourth-order valence-electron chi connectivity index (χ4n) is 2.60. The molecular weight excluding hydrogens is 493 g/mol. The minimum Gasteiger partial charge on any atom is -0.756 e. The van der Waals surface area contributed by atoms with Crippen LogP contribution in [0.1, 0.15) is 6.23 Å². The molecule has 3 rings (SSSR count). The van der Waals surface area contributed by atoms with Gasteiger partial charge in [0.2, 0.25) is 0 Å². The number of H-pyrrole nitrogens is 1. The van der Waals surface area contributed by atoms with Crippen LogP contribution in [0.15, 0.2) is 17.4 Å². The number of rotatable bonds is 8. The predicted octanol–water partition coefficient (Wildman–Crippen LogP) is -3.81. The number of nitrogens with one attached hydrogen (secondary N) is 1. The third-order valence-electron chi connectivity index (χ3n) is 3.78. The number of phosphoric acid groups is 3. The van der Waals surface area contributed by atoms with Crippen molar-refractivity contribution in [3.63, 3.8) is 0 Å². The molecule has 0 bridgehead atoms. The zero-order chi connectivity index (χ0) is 23.2. The van der Waals surface area contributed by atoms with Crippen molar-refractivity contribution >= 4 is 34.6 Å². The van der Waals surface area contributed by atoms with Crippen LogP contribution in [0.25, 0.3) is 11.2 Å². The van der Waals surface area contributed by atoms with Crippen molar-refractivity contribution in [2.24, 2.45) is 0 Å². The number of imidazole rings is 1. The van der Waals surface area contributed by atoms with Crippen LogP contribution in [0.4, 0.5) is 0 Å². The van der Waals surface area contributed by atoms with E-state index in [0.29, 0.717) is 0 Å². The summed E-state index contributed by atoms with van der Waals surface area (Å²) in [6.45, 7) is -1.09. The van der Waals surface area contributed by atoms with E-state index in [4.69, 9.17) is 9.63 Å². The summed E-state index contributed by atoms with van der Waals surface area (Å²) in [5.74, 6) is 0. The maximum absolute atomic E-state index is 11.7. The first-order chi connectivity index (χ1) is 14.2. The van der Waals surface area contributed by atoms with Gasteiger partial charge in [-0.2, -0.15) is 0 Å². The number of nitrogens with zero attached hydrogens (tertiary/aromatic N) is 3. The first-order valence-corrected chi connectivity index (χ1v) is 12.3. The number of aliphatic hydroxyl groups is 2. The third-order valence-corrected chi connectivity index (χ3v) is 7.47. The number of phosphoric ester groups is 1. The molecule has 0 amide bonds. The summed E-state index contributed by atoms with van der Waals surface area (Å²) in [4.78, 5) is 63.1. The van der Waals surface area contributed by atoms with Gasteiger partial charge in [-0.15, -0.1) is 0 Å². The average Bonchev–Trinajstić information content (AvgIpc) is 3.13. The largest absolute Gasteiger partial charge is 0.756 e. The molecule has 0 aliphatic carbocycles. The summed E-state index contributed by atoms with van der Waals surface area (Å²) >= 11 is 0. The molecule has 7 atom stereocenters. The van der Waals surface area contributed by atoms with Crippen molar-refractivity contribution in [2.45, 2.75) is 24.5 Å². The Bertz CT molecular complexity index is 1160. The molecule has 0 spiro atoms. The van der Waals surface area contributed by atoms with Gasteiger partial charge in [0.15, 0.2) is 17.4 Å². The molecule has 0 radical (unpaired) electrons. The zero-order valence-corrected chi connectivity index (χ0v) is 17.4. The Kier molecular flexibility index (Phi) is 6.68. The highest BCUT2D eigenvalue weighted by atomic mass is 31.3. The van der Waals surface area contributed by atoms with Gasteiger partial charge in [-0.05, 0) is 0 Å². The van der Waals surface area contributed by atoms with E-state index in [1.165, 1.54) is 0 Å². The first kappa shape index (κ1) is 24.3. The van der Waals surface area contributed by atoms with Crippen LogP contribution in [0.3, 0.4) is 0 Å². The molecule has 0 aromatic carbocycles. The number of ether oxygens (including phenoxy) is 1. The third kappa shape index (κ3) is 5.71. The molecule has 2 aromatic rings. The van der Waals surface area contributed by atoms with Gasteiger partial charge in [-0.3, -0.25) is 23.1 Å². The van der Waals surface area contributed by atoms with Crippen LogP contribution in [0.5, 0.6) is 0 Å².